The number of fused-ring (bicyclic) bond motifs is 1. The van der Waals surface area contributed by atoms with Gasteiger partial charge >= 0.3 is 0 Å². The maximum absolute atomic E-state index is 14.0. The van der Waals surface area contributed by atoms with Crippen LogP contribution in [0.15, 0.2) is 29.9 Å². The van der Waals surface area contributed by atoms with Crippen LogP contribution in [0.1, 0.15) is 72.7 Å². The fourth-order valence-corrected chi connectivity index (χ4v) is 6.05. The van der Waals surface area contributed by atoms with Crippen molar-refractivity contribution in [2.45, 2.75) is 79.7 Å². The van der Waals surface area contributed by atoms with Gasteiger partial charge in [-0.2, -0.15) is 0 Å². The molecule has 1 aromatic rings. The number of benzene rings is 1. The van der Waals surface area contributed by atoms with Gasteiger partial charge in [-0.05, 0) is 46.1 Å². The van der Waals surface area contributed by atoms with Gasteiger partial charge in [-0.1, -0.05) is 23.8 Å². The molecule has 1 fully saturated rings. The SMILES string of the molecule is C=C1Cc2c(O)cc3c(c2O)C(=O)C2(Cl)CC(Cl)C(C)(C)OC2(C/C=C(/C)CCC1Cl)C3=O. The molecule has 4 unspecified atom stereocenters. The molecule has 6 rings (SSSR count). The Labute approximate surface area is 208 Å². The molecule has 0 saturated carbocycles. The van der Waals surface area contributed by atoms with Crippen LogP contribution in [0.4, 0.5) is 0 Å². The van der Waals surface area contributed by atoms with Gasteiger partial charge in [0.15, 0.2) is 17.2 Å². The number of ketones is 2. The van der Waals surface area contributed by atoms with Gasteiger partial charge in [-0.15, -0.1) is 34.8 Å². The summed E-state index contributed by atoms with van der Waals surface area (Å²) in [4.78, 5) is 26.1. The highest BCUT2D eigenvalue weighted by molar-refractivity contribution is 6.45. The van der Waals surface area contributed by atoms with E-state index in [9.17, 15) is 19.8 Å². The van der Waals surface area contributed by atoms with Crippen LogP contribution in [0.2, 0.25) is 0 Å². The van der Waals surface area contributed by atoms with E-state index in [1.54, 1.807) is 13.8 Å². The van der Waals surface area contributed by atoms with E-state index >= 15 is 0 Å². The first-order valence-corrected chi connectivity index (χ1v) is 12.2. The molecule has 0 radical (unpaired) electrons. The van der Waals surface area contributed by atoms with Gasteiger partial charge in [0, 0.05) is 24.0 Å². The first-order valence-electron chi connectivity index (χ1n) is 10.9. The summed E-state index contributed by atoms with van der Waals surface area (Å²) >= 11 is 20.1. The van der Waals surface area contributed by atoms with Crippen molar-refractivity contribution in [2.75, 3.05) is 0 Å². The third kappa shape index (κ3) is 3.54. The van der Waals surface area contributed by atoms with Crippen molar-refractivity contribution in [2.24, 2.45) is 0 Å². The predicted molar refractivity (Wildman–Crippen MR) is 129 cm³/mol. The van der Waals surface area contributed by atoms with Crippen LogP contribution in [0.3, 0.4) is 0 Å². The molecule has 5 aliphatic rings. The number of hydrogen-bond donors (Lipinski definition) is 2. The summed E-state index contributed by atoms with van der Waals surface area (Å²) in [5, 5.41) is 20.8. The number of aromatic hydroxyl groups is 2. The molecule has 8 heteroatoms. The number of rotatable bonds is 0. The molecule has 1 spiro atoms. The van der Waals surface area contributed by atoms with Crippen LogP contribution < -0.4 is 0 Å². The summed E-state index contributed by atoms with van der Waals surface area (Å²) in [5.41, 5.74) is -1.40. The molecular formula is C25H27Cl3O5. The van der Waals surface area contributed by atoms with Gasteiger partial charge in [0.25, 0.3) is 0 Å². The molecule has 1 saturated heterocycles. The Kier molecular flexibility index (Phi) is 5.97. The number of ether oxygens (including phenoxy) is 1. The second-order valence-electron chi connectivity index (χ2n) is 9.90. The molecule has 1 aromatic carbocycles. The summed E-state index contributed by atoms with van der Waals surface area (Å²) in [6.45, 7) is 9.45. The Balaban J connectivity index is 2.05. The number of hydrogen-bond acceptors (Lipinski definition) is 5. The van der Waals surface area contributed by atoms with Crippen molar-refractivity contribution >= 4 is 46.4 Å². The van der Waals surface area contributed by atoms with E-state index in [4.69, 9.17) is 39.5 Å². The Morgan fingerprint density at radius 3 is 2.52 bits per heavy atom. The topological polar surface area (TPSA) is 83.8 Å². The summed E-state index contributed by atoms with van der Waals surface area (Å²) in [6.07, 6.45) is 3.12. The highest BCUT2D eigenvalue weighted by Crippen LogP contribution is 2.57. The second kappa shape index (κ2) is 8.01. The van der Waals surface area contributed by atoms with E-state index in [1.807, 2.05) is 13.0 Å². The summed E-state index contributed by atoms with van der Waals surface area (Å²) < 4.78 is 6.35. The minimum Gasteiger partial charge on any atom is -0.507 e. The lowest BCUT2D eigenvalue weighted by atomic mass is 9.63. The van der Waals surface area contributed by atoms with E-state index in [-0.39, 0.29) is 41.7 Å². The number of alkyl halides is 3. The first kappa shape index (κ1) is 24.6. The zero-order chi connectivity index (χ0) is 24.5. The van der Waals surface area contributed by atoms with Crippen molar-refractivity contribution in [1.29, 1.82) is 0 Å². The Bertz CT molecular complexity index is 1110. The third-order valence-corrected chi connectivity index (χ3v) is 9.09. The number of Topliss-reactive ketones (excluding diaryl/α,β-unsaturated/α-hetero) is 2. The molecule has 0 aromatic heterocycles. The number of phenols is 2. The number of carbonyl (C=O) groups is 2. The molecule has 5 nitrogen and oxygen atoms in total. The monoisotopic (exact) mass is 512 g/mol. The first-order chi connectivity index (χ1) is 15.2. The quantitative estimate of drug-likeness (QED) is 0.336. The summed E-state index contributed by atoms with van der Waals surface area (Å²) in [6, 6.07) is 1.21. The van der Waals surface area contributed by atoms with Crippen LogP contribution in [0.5, 0.6) is 11.5 Å². The Morgan fingerprint density at radius 1 is 1.18 bits per heavy atom. The van der Waals surface area contributed by atoms with Crippen molar-refractivity contribution in [3.05, 3.63) is 46.6 Å². The normalized spacial score (nSPS) is 35.7. The molecule has 2 N–H and O–H groups in total. The predicted octanol–water partition coefficient (Wildman–Crippen LogP) is 5.84. The Hall–Kier alpha value is -1.53. The van der Waals surface area contributed by atoms with Crippen LogP contribution >= 0.6 is 34.8 Å². The number of halogens is 3. The van der Waals surface area contributed by atoms with E-state index in [1.165, 1.54) is 6.07 Å². The van der Waals surface area contributed by atoms with Crippen LogP contribution in [-0.4, -0.2) is 48.6 Å². The molecule has 4 bridgehead atoms. The number of phenolic OH excluding ortho intramolecular Hbond substituents is 2. The van der Waals surface area contributed by atoms with Crippen molar-refractivity contribution in [3.63, 3.8) is 0 Å². The summed E-state index contributed by atoms with van der Waals surface area (Å²) in [5.74, 6) is -2.00. The standard InChI is InChI=1S/C25H27Cl3O5/c1-12-5-6-16(26)13(2)9-14-17(29)10-15-19(20(14)30)22(32)24(28)11-18(27)23(3,4)33-25(24,8-7-12)21(15)31/h7,10,16,18,29-30H,2,5-6,8-9,11H2,1,3-4H3/b12-7-. The van der Waals surface area contributed by atoms with Crippen LogP contribution in [0, 0.1) is 0 Å². The van der Waals surface area contributed by atoms with Gasteiger partial charge in [0.05, 0.1) is 21.9 Å². The van der Waals surface area contributed by atoms with Crippen molar-refractivity contribution < 1.29 is 24.5 Å². The molecule has 178 valence electrons. The van der Waals surface area contributed by atoms with Crippen LogP contribution in [0.25, 0.3) is 0 Å². The van der Waals surface area contributed by atoms with E-state index in [0.29, 0.717) is 18.4 Å². The van der Waals surface area contributed by atoms with E-state index in [2.05, 4.69) is 6.58 Å². The van der Waals surface area contributed by atoms with Gasteiger partial charge in [0.2, 0.25) is 0 Å². The third-order valence-electron chi connectivity index (χ3n) is 7.25. The Morgan fingerprint density at radius 2 is 1.85 bits per heavy atom. The molecule has 0 amide bonds. The average Bonchev–Trinajstić information content (AvgIpc) is 2.73. The zero-order valence-corrected chi connectivity index (χ0v) is 21.1. The fraction of sp³-hybridized carbons (Fsp3) is 0.520. The second-order valence-corrected chi connectivity index (χ2v) is 11.6. The smallest absolute Gasteiger partial charge is 0.198 e. The highest BCUT2D eigenvalue weighted by Gasteiger charge is 2.70. The maximum Gasteiger partial charge on any atom is 0.198 e. The number of carbonyl (C=O) groups excluding carboxylic acids is 2. The van der Waals surface area contributed by atoms with Crippen molar-refractivity contribution in [3.8, 4) is 11.5 Å². The minimum absolute atomic E-state index is 0.0217. The lowest BCUT2D eigenvalue weighted by molar-refractivity contribution is -0.157. The molecule has 4 aliphatic carbocycles. The van der Waals surface area contributed by atoms with Crippen molar-refractivity contribution in [1.82, 2.24) is 0 Å². The average molecular weight is 514 g/mol. The fourth-order valence-electron chi connectivity index (χ4n) is 5.06. The highest BCUT2D eigenvalue weighted by atomic mass is 35.5. The lowest BCUT2D eigenvalue weighted by Gasteiger charge is -2.56. The molecule has 4 atom stereocenters. The van der Waals surface area contributed by atoms with Gasteiger partial charge in [-0.25, -0.2) is 0 Å². The van der Waals surface area contributed by atoms with E-state index in [0.717, 1.165) is 5.57 Å². The van der Waals surface area contributed by atoms with Crippen LogP contribution in [-0.2, 0) is 11.2 Å². The molecular weight excluding hydrogens is 487 g/mol. The lowest BCUT2D eigenvalue weighted by Crippen LogP contribution is -2.72. The van der Waals surface area contributed by atoms with E-state index < -0.39 is 44.1 Å². The molecule has 33 heavy (non-hydrogen) atoms. The largest absolute Gasteiger partial charge is 0.507 e. The minimum atomic E-state index is -1.82. The summed E-state index contributed by atoms with van der Waals surface area (Å²) in [7, 11) is 0. The number of allylic oxidation sites excluding steroid dienone is 2. The van der Waals surface area contributed by atoms with Gasteiger partial charge in [-0.3, -0.25) is 9.59 Å². The van der Waals surface area contributed by atoms with Gasteiger partial charge < -0.3 is 14.9 Å². The van der Waals surface area contributed by atoms with Gasteiger partial charge in [0.1, 0.15) is 16.4 Å². The maximum atomic E-state index is 14.0. The zero-order valence-electron chi connectivity index (χ0n) is 18.8. The molecule has 1 heterocycles. The molecule has 1 aliphatic heterocycles.